The average Bonchev–Trinajstić information content (AvgIpc) is 3.34. The van der Waals surface area contributed by atoms with Gasteiger partial charge in [0.05, 0.1) is 24.4 Å². The summed E-state index contributed by atoms with van der Waals surface area (Å²) < 4.78 is 12.1. The Morgan fingerprint density at radius 2 is 2.00 bits per heavy atom. The first kappa shape index (κ1) is 14.5. The zero-order valence-corrected chi connectivity index (χ0v) is 14.1. The fourth-order valence-electron chi connectivity index (χ4n) is 6.19. The van der Waals surface area contributed by atoms with Crippen LogP contribution in [0.1, 0.15) is 51.4 Å². The normalized spacial score (nSPS) is 46.9. The van der Waals surface area contributed by atoms with Gasteiger partial charge in [-0.3, -0.25) is 4.99 Å². The molecule has 2 N–H and O–H groups in total. The third-order valence-corrected chi connectivity index (χ3v) is 7.23. The minimum absolute atomic E-state index is 0.379. The van der Waals surface area contributed by atoms with Gasteiger partial charge in [-0.1, -0.05) is 12.8 Å². The largest absolute Gasteiger partial charge is 0.377 e. The van der Waals surface area contributed by atoms with Crippen LogP contribution in [0.25, 0.3) is 0 Å². The number of guanidine groups is 1. The molecule has 5 fully saturated rings. The Morgan fingerprint density at radius 3 is 2.70 bits per heavy atom. The highest BCUT2D eigenvalue weighted by Crippen LogP contribution is 2.60. The molecule has 6 unspecified atom stereocenters. The van der Waals surface area contributed by atoms with E-state index in [0.29, 0.717) is 41.7 Å². The lowest BCUT2D eigenvalue weighted by Crippen LogP contribution is -2.69. The summed E-state index contributed by atoms with van der Waals surface area (Å²) in [6, 6.07) is 0.985. The predicted octanol–water partition coefficient (Wildman–Crippen LogP) is 1.82. The maximum absolute atomic E-state index is 6.09. The molecule has 6 atom stereocenters. The maximum Gasteiger partial charge on any atom is 0.191 e. The summed E-state index contributed by atoms with van der Waals surface area (Å²) in [5.41, 5.74) is 0.379. The number of nitrogens with one attached hydrogen (secondary N) is 2. The van der Waals surface area contributed by atoms with Gasteiger partial charge < -0.3 is 20.1 Å². The minimum atomic E-state index is 0.379. The molecule has 23 heavy (non-hydrogen) atoms. The van der Waals surface area contributed by atoms with Gasteiger partial charge in [-0.05, 0) is 38.5 Å². The topological polar surface area (TPSA) is 54.9 Å². The molecule has 3 heterocycles. The molecule has 3 aliphatic heterocycles. The lowest BCUT2D eigenvalue weighted by molar-refractivity contribution is -0.125. The molecule has 0 radical (unpaired) electrons. The summed E-state index contributed by atoms with van der Waals surface area (Å²) in [4.78, 5) is 4.52. The summed E-state index contributed by atoms with van der Waals surface area (Å²) in [5.74, 6) is 1.66. The second-order valence-electron chi connectivity index (χ2n) is 8.24. The smallest absolute Gasteiger partial charge is 0.191 e. The van der Waals surface area contributed by atoms with Gasteiger partial charge in [-0.2, -0.15) is 0 Å². The van der Waals surface area contributed by atoms with Crippen LogP contribution < -0.4 is 10.6 Å². The van der Waals surface area contributed by atoms with Gasteiger partial charge in [0.25, 0.3) is 0 Å². The second-order valence-corrected chi connectivity index (χ2v) is 8.24. The number of nitrogens with zero attached hydrogens (tertiary/aromatic N) is 1. The Hall–Kier alpha value is -0.810. The monoisotopic (exact) mass is 319 g/mol. The van der Waals surface area contributed by atoms with Crippen molar-refractivity contribution < 1.29 is 9.47 Å². The first-order valence-electron chi connectivity index (χ1n) is 9.57. The van der Waals surface area contributed by atoms with Crippen LogP contribution in [0.15, 0.2) is 4.99 Å². The third-order valence-electron chi connectivity index (χ3n) is 7.23. The molecule has 0 amide bonds. The minimum Gasteiger partial charge on any atom is -0.377 e. The summed E-state index contributed by atoms with van der Waals surface area (Å²) >= 11 is 0. The number of rotatable bonds is 2. The zero-order chi connectivity index (χ0) is 15.4. The van der Waals surface area contributed by atoms with Crippen molar-refractivity contribution in [1.82, 2.24) is 10.6 Å². The number of hydrogen-bond acceptors (Lipinski definition) is 3. The van der Waals surface area contributed by atoms with Gasteiger partial charge in [0, 0.05) is 31.0 Å². The molecular weight excluding hydrogens is 290 g/mol. The van der Waals surface area contributed by atoms with Crippen molar-refractivity contribution in [2.75, 3.05) is 13.7 Å². The van der Waals surface area contributed by atoms with Crippen LogP contribution in [0, 0.1) is 11.3 Å². The fourth-order valence-corrected chi connectivity index (χ4v) is 6.19. The first-order valence-corrected chi connectivity index (χ1v) is 9.57. The van der Waals surface area contributed by atoms with Gasteiger partial charge in [0.1, 0.15) is 0 Å². The van der Waals surface area contributed by atoms with Crippen LogP contribution in [0.5, 0.6) is 0 Å². The third kappa shape index (κ3) is 2.08. The highest BCUT2D eigenvalue weighted by atomic mass is 16.5. The maximum atomic E-state index is 6.09. The van der Waals surface area contributed by atoms with E-state index in [1.807, 2.05) is 7.05 Å². The van der Waals surface area contributed by atoms with Gasteiger partial charge in [-0.25, -0.2) is 0 Å². The molecule has 0 aromatic heterocycles. The first-order chi connectivity index (χ1) is 11.3. The van der Waals surface area contributed by atoms with Crippen molar-refractivity contribution in [3.63, 3.8) is 0 Å². The van der Waals surface area contributed by atoms with Gasteiger partial charge in [-0.15, -0.1) is 0 Å². The molecule has 5 heteroatoms. The molecule has 2 saturated carbocycles. The van der Waals surface area contributed by atoms with E-state index < -0.39 is 0 Å². The van der Waals surface area contributed by atoms with Crippen LogP contribution in [-0.2, 0) is 9.47 Å². The molecule has 2 aliphatic carbocycles. The van der Waals surface area contributed by atoms with E-state index in [1.165, 1.54) is 44.9 Å². The molecule has 2 bridgehead atoms. The fraction of sp³-hybridized carbons (Fsp3) is 0.944. The molecule has 5 nitrogen and oxygen atoms in total. The van der Waals surface area contributed by atoms with Gasteiger partial charge in [0.2, 0.25) is 0 Å². The summed E-state index contributed by atoms with van der Waals surface area (Å²) in [5, 5.41) is 7.45. The molecule has 1 spiro atoms. The number of aliphatic imine (C=N–C) groups is 1. The molecule has 5 rings (SSSR count). The van der Waals surface area contributed by atoms with Crippen molar-refractivity contribution in [2.45, 2.75) is 81.8 Å². The van der Waals surface area contributed by atoms with Crippen LogP contribution in [0.2, 0.25) is 0 Å². The van der Waals surface area contributed by atoms with Crippen LogP contribution in [0.3, 0.4) is 0 Å². The number of hydrogen-bond donors (Lipinski definition) is 2. The van der Waals surface area contributed by atoms with E-state index in [2.05, 4.69) is 15.6 Å². The van der Waals surface area contributed by atoms with E-state index in [-0.39, 0.29) is 0 Å². The number of fused-ring (bicyclic) bond motifs is 4. The van der Waals surface area contributed by atoms with E-state index in [1.54, 1.807) is 0 Å². The highest BCUT2D eigenvalue weighted by molar-refractivity contribution is 5.80. The van der Waals surface area contributed by atoms with E-state index >= 15 is 0 Å². The van der Waals surface area contributed by atoms with Gasteiger partial charge in [0.15, 0.2) is 5.96 Å². The Labute approximate surface area is 138 Å². The highest BCUT2D eigenvalue weighted by Gasteiger charge is 2.65. The Balaban J connectivity index is 1.28. The summed E-state index contributed by atoms with van der Waals surface area (Å²) in [6.07, 6.45) is 11.5. The molecule has 3 saturated heterocycles. The SMILES string of the molecule is CN=C(NC1CC2CCC1O2)NC1C2CCOC2C12CCCC2. The molecule has 128 valence electrons. The quantitative estimate of drug-likeness (QED) is 0.602. The lowest BCUT2D eigenvalue weighted by atomic mass is 9.54. The van der Waals surface area contributed by atoms with E-state index in [4.69, 9.17) is 9.47 Å². The number of ether oxygens (including phenoxy) is 2. The van der Waals surface area contributed by atoms with E-state index in [0.717, 1.165) is 19.0 Å². The summed E-state index contributed by atoms with van der Waals surface area (Å²) in [6.45, 7) is 0.946. The predicted molar refractivity (Wildman–Crippen MR) is 88.5 cm³/mol. The second kappa shape index (κ2) is 5.35. The van der Waals surface area contributed by atoms with Crippen molar-refractivity contribution in [1.29, 1.82) is 0 Å². The standard InChI is InChI=1S/C18H29N3O2/c1-19-17(20-13-10-11-4-5-14(13)23-11)21-15-12-6-9-22-16(12)18(15)7-2-3-8-18/h11-16H,2-10H2,1H3,(H2,19,20,21). The van der Waals surface area contributed by atoms with Crippen LogP contribution in [0.4, 0.5) is 0 Å². The Bertz CT molecular complexity index is 502. The van der Waals surface area contributed by atoms with Crippen LogP contribution in [-0.4, -0.2) is 50.0 Å². The lowest BCUT2D eigenvalue weighted by Gasteiger charge is -2.57. The van der Waals surface area contributed by atoms with E-state index in [9.17, 15) is 0 Å². The average molecular weight is 319 g/mol. The molecule has 0 aromatic carbocycles. The van der Waals surface area contributed by atoms with Crippen molar-refractivity contribution >= 4 is 5.96 Å². The Morgan fingerprint density at radius 1 is 1.13 bits per heavy atom. The molecule has 0 aromatic rings. The Kier molecular flexibility index (Phi) is 3.38. The van der Waals surface area contributed by atoms with Crippen molar-refractivity contribution in [2.24, 2.45) is 16.3 Å². The van der Waals surface area contributed by atoms with Crippen molar-refractivity contribution in [3.05, 3.63) is 0 Å². The zero-order valence-electron chi connectivity index (χ0n) is 14.1. The molecule has 5 aliphatic rings. The van der Waals surface area contributed by atoms with Crippen LogP contribution >= 0.6 is 0 Å². The summed E-state index contributed by atoms with van der Waals surface area (Å²) in [7, 11) is 1.89. The molecular formula is C18H29N3O2. The van der Waals surface area contributed by atoms with Gasteiger partial charge >= 0.3 is 0 Å². The van der Waals surface area contributed by atoms with Crippen molar-refractivity contribution in [3.8, 4) is 0 Å².